The SMILES string of the molecule is CC(C)NC(=O)C(C)N1CCN(c2nc3ccccn3c2C#N)CC1. The molecule has 3 heterocycles. The van der Waals surface area contributed by atoms with E-state index in [0.717, 1.165) is 37.6 Å². The Labute approximate surface area is 147 Å². The molecule has 7 heteroatoms. The Balaban J connectivity index is 1.71. The molecular formula is C18H24N6O. The molecule has 0 saturated carbocycles. The van der Waals surface area contributed by atoms with E-state index < -0.39 is 0 Å². The van der Waals surface area contributed by atoms with Gasteiger partial charge >= 0.3 is 0 Å². The largest absolute Gasteiger partial charge is 0.353 e. The van der Waals surface area contributed by atoms with E-state index in [1.165, 1.54) is 0 Å². The molecule has 3 rings (SSSR count). The number of anilines is 1. The number of pyridine rings is 1. The van der Waals surface area contributed by atoms with Crippen molar-refractivity contribution in [3.63, 3.8) is 0 Å². The third-order valence-electron chi connectivity index (χ3n) is 4.59. The summed E-state index contributed by atoms with van der Waals surface area (Å²) in [4.78, 5) is 21.1. The number of aromatic nitrogens is 2. The summed E-state index contributed by atoms with van der Waals surface area (Å²) in [6.45, 7) is 8.91. The number of hydrogen-bond donors (Lipinski definition) is 1. The van der Waals surface area contributed by atoms with Crippen LogP contribution in [0.5, 0.6) is 0 Å². The molecule has 132 valence electrons. The molecule has 1 aliphatic heterocycles. The lowest BCUT2D eigenvalue weighted by molar-refractivity contribution is -0.126. The van der Waals surface area contributed by atoms with Crippen LogP contribution in [0, 0.1) is 11.3 Å². The summed E-state index contributed by atoms with van der Waals surface area (Å²) in [5, 5.41) is 12.5. The van der Waals surface area contributed by atoms with Crippen molar-refractivity contribution in [2.75, 3.05) is 31.1 Å². The fraction of sp³-hybridized carbons (Fsp3) is 0.500. The molecule has 1 unspecified atom stereocenters. The van der Waals surface area contributed by atoms with Gasteiger partial charge in [0, 0.05) is 38.4 Å². The van der Waals surface area contributed by atoms with Gasteiger partial charge in [-0.25, -0.2) is 4.98 Å². The minimum atomic E-state index is -0.152. The monoisotopic (exact) mass is 340 g/mol. The van der Waals surface area contributed by atoms with E-state index >= 15 is 0 Å². The van der Waals surface area contributed by atoms with Crippen LogP contribution in [0.1, 0.15) is 26.5 Å². The first-order chi connectivity index (χ1) is 12.0. The molecule has 0 bridgehead atoms. The number of piperazine rings is 1. The highest BCUT2D eigenvalue weighted by Crippen LogP contribution is 2.22. The fourth-order valence-electron chi connectivity index (χ4n) is 3.20. The first-order valence-corrected chi connectivity index (χ1v) is 8.68. The second-order valence-corrected chi connectivity index (χ2v) is 6.69. The summed E-state index contributed by atoms with van der Waals surface area (Å²) in [5.74, 6) is 0.793. The van der Waals surface area contributed by atoms with Crippen molar-refractivity contribution < 1.29 is 4.79 Å². The normalized spacial score (nSPS) is 16.8. The van der Waals surface area contributed by atoms with Crippen LogP contribution >= 0.6 is 0 Å². The lowest BCUT2D eigenvalue weighted by Gasteiger charge is -2.37. The van der Waals surface area contributed by atoms with E-state index in [4.69, 9.17) is 0 Å². The number of nitrogens with one attached hydrogen (secondary N) is 1. The van der Waals surface area contributed by atoms with Crippen LogP contribution in [0.3, 0.4) is 0 Å². The number of carbonyl (C=O) groups excluding carboxylic acids is 1. The zero-order valence-electron chi connectivity index (χ0n) is 14.9. The molecule has 7 nitrogen and oxygen atoms in total. The van der Waals surface area contributed by atoms with Crippen LogP contribution in [0.25, 0.3) is 5.65 Å². The maximum absolute atomic E-state index is 12.2. The molecule has 1 aliphatic rings. The second kappa shape index (κ2) is 7.11. The van der Waals surface area contributed by atoms with E-state index in [-0.39, 0.29) is 18.0 Å². The molecule has 25 heavy (non-hydrogen) atoms. The predicted molar refractivity (Wildman–Crippen MR) is 96.4 cm³/mol. The Bertz CT molecular complexity index is 797. The van der Waals surface area contributed by atoms with E-state index in [1.807, 2.05) is 49.6 Å². The Morgan fingerprint density at radius 1 is 1.24 bits per heavy atom. The Morgan fingerprint density at radius 2 is 1.96 bits per heavy atom. The third-order valence-corrected chi connectivity index (χ3v) is 4.59. The van der Waals surface area contributed by atoms with E-state index in [1.54, 1.807) is 0 Å². The smallest absolute Gasteiger partial charge is 0.237 e. The van der Waals surface area contributed by atoms with E-state index in [2.05, 4.69) is 26.2 Å². The molecule has 0 aliphatic carbocycles. The fourth-order valence-corrected chi connectivity index (χ4v) is 3.20. The number of carbonyl (C=O) groups is 1. The zero-order valence-corrected chi connectivity index (χ0v) is 14.9. The predicted octanol–water partition coefficient (Wildman–Crippen LogP) is 1.24. The van der Waals surface area contributed by atoms with Crippen LogP contribution in [0.15, 0.2) is 24.4 Å². The standard InChI is InChI=1S/C18H24N6O/c1-13(2)20-18(25)14(3)22-8-10-23(11-9-22)17-15(12-19)24-7-5-4-6-16(24)21-17/h4-7,13-14H,8-11H2,1-3H3,(H,20,25). The zero-order chi connectivity index (χ0) is 18.0. The quantitative estimate of drug-likeness (QED) is 0.906. The first kappa shape index (κ1) is 17.2. The maximum atomic E-state index is 12.2. The minimum Gasteiger partial charge on any atom is -0.353 e. The van der Waals surface area contributed by atoms with Crippen LogP contribution in [0.4, 0.5) is 5.82 Å². The second-order valence-electron chi connectivity index (χ2n) is 6.69. The van der Waals surface area contributed by atoms with Gasteiger partial charge in [-0.05, 0) is 32.9 Å². The Hall–Kier alpha value is -2.59. The minimum absolute atomic E-state index is 0.0638. The molecule has 2 aromatic heterocycles. The molecule has 0 radical (unpaired) electrons. The van der Waals surface area contributed by atoms with Gasteiger partial charge in [0.15, 0.2) is 11.5 Å². The summed E-state index contributed by atoms with van der Waals surface area (Å²) in [6.07, 6.45) is 1.86. The Morgan fingerprint density at radius 3 is 2.60 bits per heavy atom. The van der Waals surface area contributed by atoms with Crippen molar-refractivity contribution in [3.05, 3.63) is 30.1 Å². The third kappa shape index (κ3) is 3.44. The van der Waals surface area contributed by atoms with Gasteiger partial charge in [-0.1, -0.05) is 6.07 Å². The van der Waals surface area contributed by atoms with E-state index in [0.29, 0.717) is 5.69 Å². The molecule has 0 spiro atoms. The molecule has 1 fully saturated rings. The van der Waals surface area contributed by atoms with Gasteiger partial charge in [0.25, 0.3) is 0 Å². The van der Waals surface area contributed by atoms with Crippen molar-refractivity contribution in [3.8, 4) is 6.07 Å². The van der Waals surface area contributed by atoms with Crippen LogP contribution in [-0.4, -0.2) is 58.5 Å². The molecular weight excluding hydrogens is 316 g/mol. The molecule has 1 saturated heterocycles. The molecule has 1 N–H and O–H groups in total. The molecule has 0 aromatic carbocycles. The molecule has 1 atom stereocenters. The summed E-state index contributed by atoms with van der Waals surface area (Å²) >= 11 is 0. The van der Waals surface area contributed by atoms with Crippen molar-refractivity contribution >= 4 is 17.4 Å². The maximum Gasteiger partial charge on any atom is 0.237 e. The lowest BCUT2D eigenvalue weighted by atomic mass is 10.2. The summed E-state index contributed by atoms with van der Waals surface area (Å²) in [6, 6.07) is 7.98. The van der Waals surface area contributed by atoms with E-state index in [9.17, 15) is 10.1 Å². The van der Waals surface area contributed by atoms with Crippen molar-refractivity contribution in [1.82, 2.24) is 19.6 Å². The van der Waals surface area contributed by atoms with Gasteiger partial charge in [-0.2, -0.15) is 5.26 Å². The highest BCUT2D eigenvalue weighted by atomic mass is 16.2. The summed E-state index contributed by atoms with van der Waals surface area (Å²) in [5.41, 5.74) is 1.34. The highest BCUT2D eigenvalue weighted by Gasteiger charge is 2.28. The number of hydrogen-bond acceptors (Lipinski definition) is 5. The van der Waals surface area contributed by atoms with Crippen LogP contribution < -0.4 is 10.2 Å². The van der Waals surface area contributed by atoms with Gasteiger partial charge in [0.05, 0.1) is 6.04 Å². The summed E-state index contributed by atoms with van der Waals surface area (Å²) < 4.78 is 1.82. The molecule has 2 aromatic rings. The number of fused-ring (bicyclic) bond motifs is 1. The first-order valence-electron chi connectivity index (χ1n) is 8.68. The molecule has 1 amide bonds. The van der Waals surface area contributed by atoms with Gasteiger partial charge in [-0.3, -0.25) is 14.1 Å². The highest BCUT2D eigenvalue weighted by molar-refractivity contribution is 5.81. The van der Waals surface area contributed by atoms with Gasteiger partial charge < -0.3 is 10.2 Å². The van der Waals surface area contributed by atoms with Crippen molar-refractivity contribution in [2.45, 2.75) is 32.9 Å². The van der Waals surface area contributed by atoms with Gasteiger partial charge in [0.2, 0.25) is 5.91 Å². The number of amides is 1. The number of rotatable bonds is 4. The Kier molecular flexibility index (Phi) is 4.91. The topological polar surface area (TPSA) is 76.7 Å². The van der Waals surface area contributed by atoms with Crippen molar-refractivity contribution in [1.29, 1.82) is 5.26 Å². The van der Waals surface area contributed by atoms with Crippen molar-refractivity contribution in [2.24, 2.45) is 0 Å². The number of nitriles is 1. The van der Waals surface area contributed by atoms with Crippen LogP contribution in [-0.2, 0) is 4.79 Å². The average Bonchev–Trinajstić information content (AvgIpc) is 2.99. The summed E-state index contributed by atoms with van der Waals surface area (Å²) in [7, 11) is 0. The average molecular weight is 340 g/mol. The van der Waals surface area contributed by atoms with Gasteiger partial charge in [0.1, 0.15) is 11.7 Å². The van der Waals surface area contributed by atoms with Gasteiger partial charge in [-0.15, -0.1) is 0 Å². The number of nitrogens with zero attached hydrogens (tertiary/aromatic N) is 5. The van der Waals surface area contributed by atoms with Crippen LogP contribution in [0.2, 0.25) is 0 Å². The lowest BCUT2D eigenvalue weighted by Crippen LogP contribution is -2.54. The number of imidazole rings is 1.